The molecule has 1 aromatic carbocycles. The number of aliphatic hydroxyl groups excluding tert-OH is 1. The molecule has 5 heteroatoms. The summed E-state index contributed by atoms with van der Waals surface area (Å²) >= 11 is 5.87. The van der Waals surface area contributed by atoms with Gasteiger partial charge in [0.05, 0.1) is 18.7 Å². The average molecular weight is 218 g/mol. The van der Waals surface area contributed by atoms with Crippen molar-refractivity contribution in [2.45, 2.75) is 6.10 Å². The Kier molecular flexibility index (Phi) is 4.16. The van der Waals surface area contributed by atoms with E-state index >= 15 is 0 Å². The molecule has 0 heterocycles. The summed E-state index contributed by atoms with van der Waals surface area (Å²) in [5, 5.41) is 9.95. The fourth-order valence-electron chi connectivity index (χ4n) is 1.08. The summed E-state index contributed by atoms with van der Waals surface area (Å²) in [6.07, 6.45) is -0.775. The average Bonchev–Trinajstić information content (AvgIpc) is 2.18. The summed E-state index contributed by atoms with van der Waals surface area (Å²) in [6.45, 7) is 0.0304. The quantitative estimate of drug-likeness (QED) is 0.746. The first-order chi connectivity index (χ1) is 6.69. The topological polar surface area (TPSA) is 64.7 Å². The number of methoxy groups -OCH3 is 1. The molecular formula is C9H12ClNO3. The first-order valence-corrected chi connectivity index (χ1v) is 4.40. The lowest BCUT2D eigenvalue weighted by Gasteiger charge is -2.10. The molecule has 14 heavy (non-hydrogen) atoms. The van der Waals surface area contributed by atoms with Crippen molar-refractivity contribution in [2.24, 2.45) is 5.90 Å². The van der Waals surface area contributed by atoms with Crippen LogP contribution in [0.5, 0.6) is 5.75 Å². The van der Waals surface area contributed by atoms with Crippen molar-refractivity contribution in [1.29, 1.82) is 0 Å². The van der Waals surface area contributed by atoms with Gasteiger partial charge in [-0.05, 0) is 17.7 Å². The van der Waals surface area contributed by atoms with Crippen LogP contribution < -0.4 is 10.6 Å². The third-order valence-corrected chi connectivity index (χ3v) is 2.11. The van der Waals surface area contributed by atoms with E-state index in [0.29, 0.717) is 16.3 Å². The summed E-state index contributed by atoms with van der Waals surface area (Å²) in [4.78, 5) is 4.33. The molecule has 0 saturated carbocycles. The second-order valence-corrected chi connectivity index (χ2v) is 3.15. The molecule has 78 valence electrons. The van der Waals surface area contributed by atoms with E-state index in [-0.39, 0.29) is 6.61 Å². The fraction of sp³-hybridized carbons (Fsp3) is 0.333. The van der Waals surface area contributed by atoms with Crippen molar-refractivity contribution < 1.29 is 14.7 Å². The monoisotopic (exact) mass is 217 g/mol. The summed E-state index contributed by atoms with van der Waals surface area (Å²) in [6, 6.07) is 5.00. The summed E-state index contributed by atoms with van der Waals surface area (Å²) in [5.41, 5.74) is 0.640. The van der Waals surface area contributed by atoms with Gasteiger partial charge in [-0.1, -0.05) is 17.7 Å². The summed E-state index contributed by atoms with van der Waals surface area (Å²) < 4.78 is 4.97. The molecule has 0 bridgehead atoms. The molecule has 0 saturated heterocycles. The highest BCUT2D eigenvalue weighted by molar-refractivity contribution is 6.32. The van der Waals surface area contributed by atoms with Gasteiger partial charge in [0.1, 0.15) is 11.9 Å². The van der Waals surface area contributed by atoms with Crippen molar-refractivity contribution in [1.82, 2.24) is 0 Å². The molecule has 1 rings (SSSR count). The highest BCUT2D eigenvalue weighted by Gasteiger charge is 2.09. The second kappa shape index (κ2) is 5.17. The zero-order valence-corrected chi connectivity index (χ0v) is 8.49. The molecule has 0 spiro atoms. The van der Waals surface area contributed by atoms with E-state index in [1.165, 1.54) is 7.11 Å². The number of ether oxygens (including phenoxy) is 1. The molecular weight excluding hydrogens is 206 g/mol. The van der Waals surface area contributed by atoms with Gasteiger partial charge < -0.3 is 14.7 Å². The first-order valence-electron chi connectivity index (χ1n) is 4.02. The van der Waals surface area contributed by atoms with E-state index < -0.39 is 6.10 Å². The summed E-state index contributed by atoms with van der Waals surface area (Å²) in [5.74, 6) is 5.41. The Bertz CT molecular complexity index is 306. The maximum absolute atomic E-state index is 9.50. The molecule has 1 atom stereocenters. The predicted octanol–water partition coefficient (Wildman–Crippen LogP) is 1.27. The van der Waals surface area contributed by atoms with Gasteiger partial charge in [0.15, 0.2) is 0 Å². The van der Waals surface area contributed by atoms with Crippen molar-refractivity contribution in [3.63, 3.8) is 0 Å². The van der Waals surface area contributed by atoms with E-state index in [2.05, 4.69) is 4.84 Å². The number of rotatable bonds is 4. The van der Waals surface area contributed by atoms with Gasteiger partial charge in [-0.15, -0.1) is 0 Å². The third kappa shape index (κ3) is 2.59. The smallest absolute Gasteiger partial charge is 0.137 e. The molecule has 3 N–H and O–H groups in total. The highest BCUT2D eigenvalue weighted by atomic mass is 35.5. The summed E-state index contributed by atoms with van der Waals surface area (Å²) in [7, 11) is 1.53. The SMILES string of the molecule is COc1ccc(C(O)CON)cc1Cl. The minimum atomic E-state index is -0.775. The minimum Gasteiger partial charge on any atom is -0.495 e. The highest BCUT2D eigenvalue weighted by Crippen LogP contribution is 2.27. The fourth-order valence-corrected chi connectivity index (χ4v) is 1.34. The van der Waals surface area contributed by atoms with Crippen molar-refractivity contribution in [3.05, 3.63) is 28.8 Å². The first kappa shape index (κ1) is 11.3. The van der Waals surface area contributed by atoms with Crippen molar-refractivity contribution in [2.75, 3.05) is 13.7 Å². The Morgan fingerprint density at radius 1 is 1.57 bits per heavy atom. The molecule has 0 radical (unpaired) electrons. The predicted molar refractivity (Wildman–Crippen MR) is 53.1 cm³/mol. The molecule has 1 aromatic rings. The van der Waals surface area contributed by atoms with E-state index in [0.717, 1.165) is 0 Å². The van der Waals surface area contributed by atoms with Crippen molar-refractivity contribution in [3.8, 4) is 5.75 Å². The van der Waals surface area contributed by atoms with Crippen LogP contribution in [0.4, 0.5) is 0 Å². The van der Waals surface area contributed by atoms with Gasteiger partial charge in [-0.25, -0.2) is 5.90 Å². The van der Waals surface area contributed by atoms with Gasteiger partial charge in [0.2, 0.25) is 0 Å². The van der Waals surface area contributed by atoms with Crippen LogP contribution in [0.25, 0.3) is 0 Å². The molecule has 4 nitrogen and oxygen atoms in total. The number of benzene rings is 1. The van der Waals surface area contributed by atoms with Crippen LogP contribution in [-0.4, -0.2) is 18.8 Å². The Morgan fingerprint density at radius 3 is 2.79 bits per heavy atom. The largest absolute Gasteiger partial charge is 0.495 e. The van der Waals surface area contributed by atoms with Gasteiger partial charge in [-0.3, -0.25) is 0 Å². The molecule has 0 aliphatic carbocycles. The zero-order chi connectivity index (χ0) is 10.6. The Labute approximate surface area is 87.1 Å². The van der Waals surface area contributed by atoms with Crippen LogP contribution >= 0.6 is 11.6 Å². The molecule has 0 aliphatic rings. The van der Waals surface area contributed by atoms with Crippen molar-refractivity contribution >= 4 is 11.6 Å². The van der Waals surface area contributed by atoms with Gasteiger partial charge in [-0.2, -0.15) is 0 Å². The molecule has 0 aliphatic heterocycles. The minimum absolute atomic E-state index is 0.0304. The lowest BCUT2D eigenvalue weighted by molar-refractivity contribution is 0.0359. The number of hydrogen-bond donors (Lipinski definition) is 2. The molecule has 0 aromatic heterocycles. The standard InChI is InChI=1S/C9H12ClNO3/c1-13-9-3-2-6(4-7(9)10)8(12)5-14-11/h2-4,8,12H,5,11H2,1H3. The number of halogens is 1. The Morgan fingerprint density at radius 2 is 2.29 bits per heavy atom. The molecule has 0 fully saturated rings. The van der Waals surface area contributed by atoms with E-state index in [1.807, 2.05) is 0 Å². The lowest BCUT2D eigenvalue weighted by atomic mass is 10.1. The van der Waals surface area contributed by atoms with Gasteiger partial charge in [0.25, 0.3) is 0 Å². The lowest BCUT2D eigenvalue weighted by Crippen LogP contribution is -2.10. The Hall–Kier alpha value is -0.810. The van der Waals surface area contributed by atoms with Gasteiger partial charge in [0, 0.05) is 0 Å². The van der Waals surface area contributed by atoms with Crippen LogP contribution in [0.2, 0.25) is 5.02 Å². The normalized spacial score (nSPS) is 12.6. The zero-order valence-electron chi connectivity index (χ0n) is 7.74. The van der Waals surface area contributed by atoms with Crippen LogP contribution in [-0.2, 0) is 4.84 Å². The number of nitrogens with two attached hydrogens (primary N) is 1. The van der Waals surface area contributed by atoms with Crippen LogP contribution in [0.3, 0.4) is 0 Å². The molecule has 1 unspecified atom stereocenters. The molecule has 0 amide bonds. The van der Waals surface area contributed by atoms with Crippen LogP contribution in [0.1, 0.15) is 11.7 Å². The second-order valence-electron chi connectivity index (χ2n) is 2.74. The van der Waals surface area contributed by atoms with Crippen LogP contribution in [0.15, 0.2) is 18.2 Å². The third-order valence-electron chi connectivity index (χ3n) is 1.81. The maximum atomic E-state index is 9.50. The number of aliphatic hydroxyl groups is 1. The number of hydrogen-bond acceptors (Lipinski definition) is 4. The maximum Gasteiger partial charge on any atom is 0.137 e. The van der Waals surface area contributed by atoms with E-state index in [9.17, 15) is 5.11 Å². The Balaban J connectivity index is 2.85. The van der Waals surface area contributed by atoms with Crippen LogP contribution in [0, 0.1) is 0 Å². The van der Waals surface area contributed by atoms with E-state index in [4.69, 9.17) is 22.2 Å². The van der Waals surface area contributed by atoms with Gasteiger partial charge >= 0.3 is 0 Å². The van der Waals surface area contributed by atoms with E-state index in [1.54, 1.807) is 18.2 Å².